The first-order chi connectivity index (χ1) is 26.3. The highest BCUT2D eigenvalue weighted by Gasteiger charge is 2.42. The maximum absolute atomic E-state index is 13.4. The second kappa shape index (κ2) is 18.9. The number of piperidine rings is 1. The number of aromatic hydroxyl groups is 1. The number of unbranched alkanes of at least 4 members (excludes halogenated alkanes) is 4. The summed E-state index contributed by atoms with van der Waals surface area (Å²) in [7, 11) is 0. The summed E-state index contributed by atoms with van der Waals surface area (Å²) in [5.74, 6) is 0.505. The van der Waals surface area contributed by atoms with Gasteiger partial charge in [-0.3, -0.25) is 4.79 Å². The van der Waals surface area contributed by atoms with Gasteiger partial charge in [-0.1, -0.05) is 105 Å². The zero-order valence-electron chi connectivity index (χ0n) is 30.9. The van der Waals surface area contributed by atoms with E-state index >= 15 is 0 Å². The number of aromatic nitrogens is 1. The quantitative estimate of drug-likeness (QED) is 0.0541. The number of hydrogen-bond donors (Lipinski definition) is 4. The van der Waals surface area contributed by atoms with Gasteiger partial charge in [0.1, 0.15) is 11.5 Å². The number of nitrogens with one attached hydrogen (secondary N) is 1. The predicted octanol–water partition coefficient (Wildman–Crippen LogP) is 7.42. The van der Waals surface area contributed by atoms with Crippen molar-refractivity contribution >= 4 is 16.9 Å². The molecule has 1 saturated heterocycles. The number of carbonyl (C=O) groups excluding carboxylic acids is 1. The minimum atomic E-state index is -1.85. The first kappa shape index (κ1) is 38.8. The van der Waals surface area contributed by atoms with Gasteiger partial charge in [0.15, 0.2) is 0 Å². The Hall–Kier alpha value is -4.96. The first-order valence-corrected chi connectivity index (χ1v) is 19.3. The second-order valence-corrected chi connectivity index (χ2v) is 14.4. The summed E-state index contributed by atoms with van der Waals surface area (Å²) in [5, 5.41) is 33.2. The van der Waals surface area contributed by atoms with Crippen LogP contribution in [0.1, 0.15) is 79.7 Å². The molecule has 5 aromatic rings. The molecule has 1 aliphatic rings. The minimum absolute atomic E-state index is 0.000146. The van der Waals surface area contributed by atoms with Gasteiger partial charge in [0, 0.05) is 18.0 Å². The predicted molar refractivity (Wildman–Crippen MR) is 211 cm³/mol. The lowest BCUT2D eigenvalue weighted by atomic mass is 9.86. The van der Waals surface area contributed by atoms with E-state index in [9.17, 15) is 24.9 Å². The number of H-pyrrole nitrogens is 1. The lowest BCUT2D eigenvalue weighted by Gasteiger charge is -2.33. The van der Waals surface area contributed by atoms with Gasteiger partial charge in [-0.05, 0) is 97.6 Å². The third kappa shape index (κ3) is 9.96. The fraction of sp³-hybridized carbons (Fsp3) is 0.378. The summed E-state index contributed by atoms with van der Waals surface area (Å²) in [6.07, 6.45) is 7.79. The van der Waals surface area contributed by atoms with Crippen molar-refractivity contribution in [2.75, 3.05) is 32.8 Å². The third-order valence-corrected chi connectivity index (χ3v) is 10.6. The van der Waals surface area contributed by atoms with Crippen molar-refractivity contribution in [2.24, 2.45) is 5.92 Å². The molecule has 9 nitrogen and oxygen atoms in total. The molecular formula is C45H52N2O7. The molecule has 1 fully saturated rings. The average Bonchev–Trinajstić information content (AvgIpc) is 3.21. The number of carbonyl (C=O) groups is 1. The zero-order chi connectivity index (χ0) is 37.8. The summed E-state index contributed by atoms with van der Waals surface area (Å²) in [6.45, 7) is 3.83. The van der Waals surface area contributed by atoms with Crippen LogP contribution in [0.2, 0.25) is 0 Å². The van der Waals surface area contributed by atoms with E-state index < -0.39 is 17.7 Å². The third-order valence-electron chi connectivity index (χ3n) is 10.6. The number of fused-ring (bicyclic) bond motifs is 1. The smallest absolute Gasteiger partial charge is 0.347 e. The molecule has 9 heteroatoms. The van der Waals surface area contributed by atoms with Gasteiger partial charge in [-0.15, -0.1) is 0 Å². The van der Waals surface area contributed by atoms with Gasteiger partial charge in [0.2, 0.25) is 11.2 Å². The second-order valence-electron chi connectivity index (χ2n) is 14.4. The highest BCUT2D eigenvalue weighted by atomic mass is 16.5. The molecule has 0 bridgehead atoms. The van der Waals surface area contributed by atoms with Crippen molar-refractivity contribution < 1.29 is 29.6 Å². The van der Waals surface area contributed by atoms with Gasteiger partial charge >= 0.3 is 5.97 Å². The molecular weight excluding hydrogens is 681 g/mol. The van der Waals surface area contributed by atoms with Crippen LogP contribution in [0.4, 0.5) is 0 Å². The number of aliphatic hydroxyl groups is 2. The number of phenols is 1. The Bertz CT molecular complexity index is 1930. The number of benzene rings is 4. The number of pyridine rings is 1. The Morgan fingerprint density at radius 2 is 1.46 bits per heavy atom. The van der Waals surface area contributed by atoms with Gasteiger partial charge in [-0.2, -0.15) is 0 Å². The highest BCUT2D eigenvalue weighted by molar-refractivity contribution is 5.87. The van der Waals surface area contributed by atoms with Crippen LogP contribution in [-0.4, -0.2) is 64.0 Å². The van der Waals surface area contributed by atoms with E-state index in [1.165, 1.54) is 17.7 Å². The summed E-state index contributed by atoms with van der Waals surface area (Å²) in [4.78, 5) is 30.1. The monoisotopic (exact) mass is 732 g/mol. The van der Waals surface area contributed by atoms with Gasteiger partial charge in [0.05, 0.1) is 24.8 Å². The summed E-state index contributed by atoms with van der Waals surface area (Å²) in [6, 6.07) is 32.7. The van der Waals surface area contributed by atoms with E-state index in [2.05, 4.69) is 22.0 Å². The van der Waals surface area contributed by atoms with E-state index in [0.717, 1.165) is 82.3 Å². The molecule has 284 valence electrons. The van der Waals surface area contributed by atoms with Crippen molar-refractivity contribution in [3.05, 3.63) is 142 Å². The Labute approximate surface area is 317 Å². The molecule has 4 N–H and O–H groups in total. The van der Waals surface area contributed by atoms with Crippen LogP contribution in [-0.2, 0) is 21.6 Å². The Balaban J connectivity index is 0.832. The van der Waals surface area contributed by atoms with E-state index in [4.69, 9.17) is 9.47 Å². The topological polar surface area (TPSA) is 132 Å². The standard InChI is InChI=1S/C45H52N2O7/c48-40(38-21-23-41(49)43-39(38)22-24-42(50)46-43)16-10-2-1-3-11-31-53-37-19-17-33(18-20-37)25-28-47-29-26-34(27-30-47)32-54-44(51)45(52,35-12-6-4-7-13-35)36-14-8-5-9-15-36/h4-9,12-15,17-24,34,40,48-49,52H,1-3,10-11,16,25-32H2,(H,46,50)/t40-/m0/s1. The molecule has 6 rings (SSSR count). The molecule has 4 aromatic carbocycles. The fourth-order valence-corrected chi connectivity index (χ4v) is 7.34. The van der Waals surface area contributed by atoms with Crippen LogP contribution in [0.15, 0.2) is 114 Å². The number of nitrogens with zero attached hydrogens (tertiary/aromatic N) is 1. The molecule has 0 spiro atoms. The molecule has 0 saturated carbocycles. The van der Waals surface area contributed by atoms with E-state index in [0.29, 0.717) is 41.7 Å². The molecule has 1 aromatic heterocycles. The van der Waals surface area contributed by atoms with E-state index in [-0.39, 0.29) is 17.2 Å². The SMILES string of the molecule is O=C(OCC1CCN(CCc2ccc(OCCCCCCC[C@H](O)c3ccc(O)c4[nH]c(=O)ccc34)cc2)CC1)C(O)(c1ccccc1)c1ccccc1. The minimum Gasteiger partial charge on any atom is -0.506 e. The van der Waals surface area contributed by atoms with E-state index in [1.807, 2.05) is 48.5 Å². The maximum Gasteiger partial charge on any atom is 0.347 e. The maximum atomic E-state index is 13.4. The first-order valence-electron chi connectivity index (χ1n) is 19.3. The number of aromatic amines is 1. The summed E-state index contributed by atoms with van der Waals surface area (Å²) in [5.41, 5.74) is 1.21. The summed E-state index contributed by atoms with van der Waals surface area (Å²) >= 11 is 0. The van der Waals surface area contributed by atoms with Gasteiger partial charge < -0.3 is 34.7 Å². The van der Waals surface area contributed by atoms with Crippen molar-refractivity contribution in [1.29, 1.82) is 0 Å². The van der Waals surface area contributed by atoms with Gasteiger partial charge in [0.25, 0.3) is 0 Å². The molecule has 0 amide bonds. The Morgan fingerprint density at radius 1 is 0.815 bits per heavy atom. The van der Waals surface area contributed by atoms with Crippen molar-refractivity contribution in [2.45, 2.75) is 69.5 Å². The van der Waals surface area contributed by atoms with Gasteiger partial charge in [-0.25, -0.2) is 4.79 Å². The molecule has 1 atom stereocenters. The van der Waals surface area contributed by atoms with Crippen molar-refractivity contribution in [3.63, 3.8) is 0 Å². The van der Waals surface area contributed by atoms with Crippen LogP contribution >= 0.6 is 0 Å². The average molecular weight is 733 g/mol. The van der Waals surface area contributed by atoms with Crippen molar-refractivity contribution in [3.8, 4) is 11.5 Å². The number of likely N-dealkylation sites (tertiary alicyclic amines) is 1. The number of aliphatic hydroxyl groups excluding tert-OH is 1. The lowest BCUT2D eigenvalue weighted by Crippen LogP contribution is -2.41. The molecule has 54 heavy (non-hydrogen) atoms. The fourth-order valence-electron chi connectivity index (χ4n) is 7.34. The normalized spacial score (nSPS) is 14.6. The molecule has 0 unspecified atom stereocenters. The summed E-state index contributed by atoms with van der Waals surface area (Å²) < 4.78 is 11.8. The number of ether oxygens (including phenoxy) is 2. The lowest BCUT2D eigenvalue weighted by molar-refractivity contribution is -0.164. The van der Waals surface area contributed by atoms with E-state index in [1.54, 1.807) is 36.4 Å². The van der Waals surface area contributed by atoms with Crippen LogP contribution in [0.25, 0.3) is 10.9 Å². The molecule has 1 aliphatic heterocycles. The largest absolute Gasteiger partial charge is 0.506 e. The number of hydrogen-bond acceptors (Lipinski definition) is 8. The number of rotatable bonds is 18. The van der Waals surface area contributed by atoms with Crippen LogP contribution < -0.4 is 10.3 Å². The van der Waals surface area contributed by atoms with Crippen LogP contribution in [0.3, 0.4) is 0 Å². The molecule has 0 aliphatic carbocycles. The molecule has 2 heterocycles. The number of esters is 1. The van der Waals surface area contributed by atoms with Crippen molar-refractivity contribution in [1.82, 2.24) is 9.88 Å². The molecule has 0 radical (unpaired) electrons. The Kier molecular flexibility index (Phi) is 13.5. The Morgan fingerprint density at radius 3 is 2.15 bits per heavy atom. The van der Waals surface area contributed by atoms with Crippen LogP contribution in [0, 0.1) is 5.92 Å². The van der Waals surface area contributed by atoms with Crippen LogP contribution in [0.5, 0.6) is 11.5 Å². The highest BCUT2D eigenvalue weighted by Crippen LogP contribution is 2.33. The zero-order valence-corrected chi connectivity index (χ0v) is 30.9. The number of phenolic OH excluding ortho intramolecular Hbond substituents is 1.